The first-order valence-corrected chi connectivity index (χ1v) is 12.5. The van der Waals surface area contributed by atoms with Crippen molar-refractivity contribution in [2.45, 2.75) is 37.4 Å². The molecule has 1 atom stereocenters. The summed E-state index contributed by atoms with van der Waals surface area (Å²) in [5, 5.41) is 1.57. The van der Waals surface area contributed by atoms with E-state index in [1.807, 2.05) is 59.9 Å². The van der Waals surface area contributed by atoms with Crippen molar-refractivity contribution in [1.29, 1.82) is 0 Å². The molecule has 0 spiro atoms. The second-order valence-corrected chi connectivity index (χ2v) is 10.3. The number of nitrogens with zero attached hydrogens (tertiary/aromatic N) is 2. The molecule has 3 aliphatic rings. The second kappa shape index (κ2) is 9.74. The van der Waals surface area contributed by atoms with Crippen LogP contribution in [0.25, 0.3) is 0 Å². The summed E-state index contributed by atoms with van der Waals surface area (Å²) in [6, 6.07) is 10.9. The van der Waals surface area contributed by atoms with Crippen LogP contribution in [0.15, 0.2) is 36.4 Å². The Morgan fingerprint density at radius 2 is 1.78 bits per heavy atom. The monoisotopic (exact) mass is 499 g/mol. The number of benzene rings is 2. The summed E-state index contributed by atoms with van der Waals surface area (Å²) < 4.78 is 11.4. The average Bonchev–Trinajstić information content (AvgIpc) is 3.07. The second-order valence-electron chi connectivity index (χ2n) is 10.3. The number of carbonyl (C=O) groups is 4. The van der Waals surface area contributed by atoms with Crippen molar-refractivity contribution in [3.63, 3.8) is 0 Å². The van der Waals surface area contributed by atoms with E-state index >= 15 is 0 Å². The molecule has 4 amide bonds. The van der Waals surface area contributed by atoms with Crippen LogP contribution in [0.2, 0.25) is 0 Å². The minimum atomic E-state index is -0.801. The van der Waals surface area contributed by atoms with E-state index in [1.165, 1.54) is 0 Å². The lowest BCUT2D eigenvalue weighted by molar-refractivity contribution is -0.143. The van der Waals surface area contributed by atoms with Crippen molar-refractivity contribution < 1.29 is 28.7 Å². The number of ether oxygens (including phenoxy) is 2. The van der Waals surface area contributed by atoms with Gasteiger partial charge in [-0.3, -0.25) is 24.5 Å². The van der Waals surface area contributed by atoms with Gasteiger partial charge in [0, 0.05) is 36.0 Å². The molecule has 1 N–H and O–H groups in total. The summed E-state index contributed by atoms with van der Waals surface area (Å²) in [4.78, 5) is 53.3. The lowest BCUT2D eigenvalue weighted by Gasteiger charge is -2.40. The molecule has 2 aromatic carbocycles. The molecule has 3 heterocycles. The number of carbonyl (C=O) groups excluding carboxylic acids is 4. The van der Waals surface area contributed by atoms with Crippen LogP contribution in [0.3, 0.4) is 0 Å². The molecule has 0 aliphatic carbocycles. The zero-order valence-electron chi connectivity index (χ0n) is 21.3. The normalized spacial score (nSPS) is 21.1. The third-order valence-corrected chi connectivity index (χ3v) is 7.42. The first kappa shape index (κ1) is 25.1. The number of morpholine rings is 1. The quantitative estimate of drug-likeness (QED) is 0.349. The molecule has 2 fully saturated rings. The van der Waals surface area contributed by atoms with Crippen molar-refractivity contribution in [3.8, 4) is 5.75 Å². The van der Waals surface area contributed by atoms with Gasteiger partial charge in [-0.25, -0.2) is 0 Å². The van der Waals surface area contributed by atoms with Crippen LogP contribution >= 0.6 is 0 Å². The van der Waals surface area contributed by atoms with Gasteiger partial charge < -0.3 is 19.3 Å². The predicted octanol–water partition coefficient (Wildman–Crippen LogP) is -2.48. The fourth-order valence-electron chi connectivity index (χ4n) is 5.49. The van der Waals surface area contributed by atoms with E-state index in [0.29, 0.717) is 44.0 Å². The Labute approximate surface area is 218 Å². The van der Waals surface area contributed by atoms with Gasteiger partial charge in [0.15, 0.2) is 0 Å². The smallest absolute Gasteiger partial charge is 0.253 e. The van der Waals surface area contributed by atoms with Crippen LogP contribution < -0.4 is 15.5 Å². The number of rotatable bonds is 6. The van der Waals surface area contributed by atoms with E-state index in [-0.39, 0.29) is 30.7 Å². The molecule has 3 aliphatic heterocycles. The summed E-state index contributed by atoms with van der Waals surface area (Å²) in [5.41, 5.74) is 4.11. The maximum absolute atomic E-state index is 13.6. The first-order chi connectivity index (χ1) is 17.7. The van der Waals surface area contributed by atoms with Crippen LogP contribution in [0, 0.1) is 0 Å². The molecule has 188 valence electrons. The van der Waals surface area contributed by atoms with Gasteiger partial charge in [-0.2, -0.15) is 0 Å². The summed E-state index contributed by atoms with van der Waals surface area (Å²) in [6.07, 6.45) is 0.496. The van der Waals surface area contributed by atoms with Crippen molar-refractivity contribution in [2.24, 2.45) is 0 Å². The summed E-state index contributed by atoms with van der Waals surface area (Å²) in [6.45, 7) is 2.12. The molecule has 1 unspecified atom stereocenters. The summed E-state index contributed by atoms with van der Waals surface area (Å²) >= 11 is 0. The van der Waals surface area contributed by atoms with E-state index in [9.17, 15) is 19.2 Å². The van der Waals surface area contributed by atoms with Crippen LogP contribution in [0.5, 0.6) is 5.75 Å². The van der Waals surface area contributed by atoms with Gasteiger partial charge in [-0.05, 0) is 23.6 Å². The number of nitrogens with one attached hydrogen (secondary N) is 1. The third kappa shape index (κ3) is 4.66. The van der Waals surface area contributed by atoms with E-state index in [2.05, 4.69) is 5.32 Å². The SMILES string of the molecule is Bc1ccc(OCc2ccc(CN3CCOCC3=O)cc2)c2c1C(=O)N(C1CCC(=O)NC1=O)C2(B)B. The number of hydrogen-bond acceptors (Lipinski definition) is 6. The maximum Gasteiger partial charge on any atom is 0.253 e. The number of imide groups is 1. The molecule has 12 heteroatoms. The number of hydrogen-bond donors (Lipinski definition) is 1. The Kier molecular flexibility index (Phi) is 6.62. The predicted molar refractivity (Wildman–Crippen MR) is 143 cm³/mol. The molecule has 2 aromatic rings. The van der Waals surface area contributed by atoms with Crippen molar-refractivity contribution >= 4 is 52.6 Å². The Morgan fingerprint density at radius 3 is 2.49 bits per heavy atom. The van der Waals surface area contributed by atoms with Crippen molar-refractivity contribution in [1.82, 2.24) is 15.1 Å². The van der Waals surface area contributed by atoms with Crippen molar-refractivity contribution in [2.75, 3.05) is 19.8 Å². The molecule has 9 nitrogen and oxygen atoms in total. The first-order valence-electron chi connectivity index (χ1n) is 12.5. The van der Waals surface area contributed by atoms with Crippen LogP contribution in [-0.2, 0) is 37.6 Å². The van der Waals surface area contributed by atoms with Gasteiger partial charge >= 0.3 is 0 Å². The molecule has 5 rings (SSSR count). The zero-order chi connectivity index (χ0) is 26.3. The standard InChI is InChI=1S/C25H28B3N3O6/c26-16-5-7-18(37-12-15-3-1-14(2-4-15)11-30-9-10-36-13-20(30)33)22-21(16)24(35)31(25(22,27)28)17-6-8-19(32)29-23(17)34/h1-5,7,17H,6,8-13,26-28H2,(H,29,32,34). The lowest BCUT2D eigenvalue weighted by Crippen LogP contribution is -2.59. The minimum Gasteiger partial charge on any atom is -0.489 e. The lowest BCUT2D eigenvalue weighted by atomic mass is 9.57. The highest BCUT2D eigenvalue weighted by atomic mass is 16.5. The Hall–Kier alpha value is -3.53. The molecule has 2 saturated heterocycles. The van der Waals surface area contributed by atoms with Crippen LogP contribution in [0.4, 0.5) is 0 Å². The maximum atomic E-state index is 13.6. The third-order valence-electron chi connectivity index (χ3n) is 7.42. The van der Waals surface area contributed by atoms with Gasteiger partial charge in [0.1, 0.15) is 48.5 Å². The molecule has 0 saturated carbocycles. The largest absolute Gasteiger partial charge is 0.489 e. The van der Waals surface area contributed by atoms with Gasteiger partial charge in [-0.1, -0.05) is 35.8 Å². The average molecular weight is 499 g/mol. The highest BCUT2D eigenvalue weighted by Crippen LogP contribution is 2.42. The van der Waals surface area contributed by atoms with Crippen LogP contribution in [-0.4, -0.2) is 82.8 Å². The van der Waals surface area contributed by atoms with Gasteiger partial charge in [-0.15, -0.1) is 0 Å². The molecule has 37 heavy (non-hydrogen) atoms. The highest BCUT2D eigenvalue weighted by Gasteiger charge is 2.50. The Morgan fingerprint density at radius 1 is 1.05 bits per heavy atom. The molecular weight excluding hydrogens is 471 g/mol. The Bertz CT molecular complexity index is 1280. The van der Waals surface area contributed by atoms with Crippen LogP contribution in [0.1, 0.15) is 39.9 Å². The molecule has 0 aromatic heterocycles. The fraction of sp³-hybridized carbons (Fsp3) is 0.360. The van der Waals surface area contributed by atoms with Crippen molar-refractivity contribution in [3.05, 3.63) is 58.7 Å². The number of amides is 4. The fourth-order valence-corrected chi connectivity index (χ4v) is 5.49. The highest BCUT2D eigenvalue weighted by molar-refractivity contribution is 6.46. The summed E-state index contributed by atoms with van der Waals surface area (Å²) in [5.74, 6) is -0.387. The summed E-state index contributed by atoms with van der Waals surface area (Å²) in [7, 11) is 5.70. The van der Waals surface area contributed by atoms with Gasteiger partial charge in [0.2, 0.25) is 17.7 Å². The number of fused-ring (bicyclic) bond motifs is 1. The zero-order valence-corrected chi connectivity index (χ0v) is 21.3. The Balaban J connectivity index is 1.34. The van der Waals surface area contributed by atoms with E-state index < -0.39 is 17.3 Å². The van der Waals surface area contributed by atoms with Gasteiger partial charge in [0.05, 0.1) is 6.61 Å². The molecule has 0 radical (unpaired) electrons. The molecule has 0 bridgehead atoms. The topological polar surface area (TPSA) is 105 Å². The van der Waals surface area contributed by atoms with E-state index in [1.54, 1.807) is 9.80 Å². The van der Waals surface area contributed by atoms with E-state index in [0.717, 1.165) is 22.2 Å². The minimum absolute atomic E-state index is 0.00426. The van der Waals surface area contributed by atoms with E-state index in [4.69, 9.17) is 9.47 Å². The van der Waals surface area contributed by atoms with Gasteiger partial charge in [0.25, 0.3) is 5.91 Å². The number of piperidine rings is 1. The molecular formula is C25H28B3N3O6.